The Hall–Kier alpha value is -2.76. The maximum absolute atomic E-state index is 12.5. The normalized spacial score (nSPS) is 13.2. The van der Waals surface area contributed by atoms with Gasteiger partial charge >= 0.3 is 0 Å². The van der Waals surface area contributed by atoms with Crippen molar-refractivity contribution < 1.29 is 4.79 Å². The predicted molar refractivity (Wildman–Crippen MR) is 105 cm³/mol. The molecule has 2 N–H and O–H groups in total. The number of amides is 1. The van der Waals surface area contributed by atoms with Crippen LogP contribution < -0.4 is 10.6 Å². The topological polar surface area (TPSA) is 71.9 Å². The third-order valence-corrected chi connectivity index (χ3v) is 4.81. The SMILES string of the molecule is C=CC1=Cc2c(C)cc3nc(Nc4c(Cl)cccc4Cl)[nH]c3c2C(=O)[N]1. The zero-order chi connectivity index (χ0) is 18.4. The minimum Gasteiger partial charge on any atom is -0.323 e. The second kappa shape index (κ2) is 6.20. The van der Waals surface area contributed by atoms with E-state index in [4.69, 9.17) is 23.2 Å². The van der Waals surface area contributed by atoms with E-state index in [0.29, 0.717) is 44.0 Å². The lowest BCUT2D eigenvalue weighted by atomic mass is 9.96. The number of para-hydroxylation sites is 1. The van der Waals surface area contributed by atoms with Crippen molar-refractivity contribution in [3.05, 3.63) is 69.4 Å². The minimum atomic E-state index is -0.322. The number of benzene rings is 2. The molecule has 0 bridgehead atoms. The van der Waals surface area contributed by atoms with Gasteiger partial charge < -0.3 is 10.3 Å². The number of anilines is 2. The summed E-state index contributed by atoms with van der Waals surface area (Å²) in [4.78, 5) is 20.2. The molecule has 3 aromatic rings. The first-order chi connectivity index (χ1) is 12.5. The zero-order valence-corrected chi connectivity index (χ0v) is 15.2. The second-order valence-corrected chi connectivity index (χ2v) is 6.69. The molecule has 0 saturated heterocycles. The number of hydrogen-bond acceptors (Lipinski definition) is 3. The summed E-state index contributed by atoms with van der Waals surface area (Å²) in [5.74, 6) is 0.117. The monoisotopic (exact) mass is 383 g/mol. The highest BCUT2D eigenvalue weighted by Crippen LogP contribution is 2.34. The number of imidazole rings is 1. The van der Waals surface area contributed by atoms with Crippen LogP contribution in [0.2, 0.25) is 10.0 Å². The number of halogens is 2. The average Bonchev–Trinajstić information content (AvgIpc) is 3.00. The number of carbonyl (C=O) groups excluding carboxylic acids is 1. The molecule has 1 aromatic heterocycles. The van der Waals surface area contributed by atoms with E-state index in [2.05, 4.69) is 27.2 Å². The highest BCUT2D eigenvalue weighted by molar-refractivity contribution is 6.39. The third-order valence-electron chi connectivity index (χ3n) is 4.18. The van der Waals surface area contributed by atoms with E-state index in [-0.39, 0.29) is 5.91 Å². The van der Waals surface area contributed by atoms with Crippen molar-refractivity contribution in [3.8, 4) is 0 Å². The van der Waals surface area contributed by atoms with Gasteiger partial charge in [0, 0.05) is 0 Å². The fourth-order valence-corrected chi connectivity index (χ4v) is 3.45. The Bertz CT molecular complexity index is 1090. The maximum atomic E-state index is 12.5. The van der Waals surface area contributed by atoms with E-state index in [1.807, 2.05) is 19.1 Å². The van der Waals surface area contributed by atoms with E-state index in [9.17, 15) is 4.79 Å². The van der Waals surface area contributed by atoms with Crippen LogP contribution in [0, 0.1) is 6.92 Å². The molecule has 7 heteroatoms. The van der Waals surface area contributed by atoms with Crippen molar-refractivity contribution >= 4 is 57.9 Å². The van der Waals surface area contributed by atoms with Gasteiger partial charge in [0.15, 0.2) is 0 Å². The maximum Gasteiger partial charge on any atom is 0.280 e. The Morgan fingerprint density at radius 3 is 2.69 bits per heavy atom. The standard InChI is InChI=1S/C19H13Cl2N4O/c1-3-10-8-11-9(2)7-14-17(15(11)18(26)22-10)25-19(23-14)24-16-12(20)5-4-6-13(16)21/h3-8H,1H2,2H3,(H2,23,24,25). The molecule has 4 rings (SSSR count). The summed E-state index contributed by atoms with van der Waals surface area (Å²) >= 11 is 12.4. The molecule has 0 aliphatic carbocycles. The molecule has 0 saturated carbocycles. The predicted octanol–water partition coefficient (Wildman–Crippen LogP) is 5.21. The molecule has 5 nitrogen and oxygen atoms in total. The summed E-state index contributed by atoms with van der Waals surface area (Å²) in [6.07, 6.45) is 3.40. The number of aryl methyl sites for hydroxylation is 1. The van der Waals surface area contributed by atoms with Crippen molar-refractivity contribution in [1.82, 2.24) is 15.3 Å². The van der Waals surface area contributed by atoms with Crippen molar-refractivity contribution in [2.75, 3.05) is 5.32 Å². The second-order valence-electron chi connectivity index (χ2n) is 5.87. The summed E-state index contributed by atoms with van der Waals surface area (Å²) in [6, 6.07) is 7.14. The summed E-state index contributed by atoms with van der Waals surface area (Å²) < 4.78 is 0. The van der Waals surface area contributed by atoms with Crippen LogP contribution in [0.5, 0.6) is 0 Å². The van der Waals surface area contributed by atoms with Crippen molar-refractivity contribution in [2.24, 2.45) is 0 Å². The molecule has 1 amide bonds. The Morgan fingerprint density at radius 2 is 2.00 bits per heavy atom. The van der Waals surface area contributed by atoms with Gasteiger partial charge in [-0.2, -0.15) is 0 Å². The van der Waals surface area contributed by atoms with Gasteiger partial charge in [-0.1, -0.05) is 35.8 Å². The number of nitrogens with zero attached hydrogens (tertiary/aromatic N) is 2. The van der Waals surface area contributed by atoms with Gasteiger partial charge in [-0.25, -0.2) is 10.3 Å². The summed E-state index contributed by atoms with van der Waals surface area (Å²) in [6.45, 7) is 5.61. The lowest BCUT2D eigenvalue weighted by Gasteiger charge is -2.15. The molecular weight excluding hydrogens is 371 g/mol. The fraction of sp³-hybridized carbons (Fsp3) is 0.0526. The minimum absolute atomic E-state index is 0.322. The Balaban J connectivity index is 1.87. The number of H-pyrrole nitrogens is 1. The number of fused-ring (bicyclic) bond motifs is 3. The molecule has 0 atom stereocenters. The van der Waals surface area contributed by atoms with Crippen molar-refractivity contribution in [1.29, 1.82) is 0 Å². The smallest absolute Gasteiger partial charge is 0.280 e. The van der Waals surface area contributed by atoms with Crippen molar-refractivity contribution in [2.45, 2.75) is 6.92 Å². The summed E-state index contributed by atoms with van der Waals surface area (Å²) in [5, 5.41) is 8.08. The van der Waals surface area contributed by atoms with Gasteiger partial charge in [0.2, 0.25) is 5.95 Å². The lowest BCUT2D eigenvalue weighted by Crippen LogP contribution is -2.20. The van der Waals surface area contributed by atoms with E-state index < -0.39 is 0 Å². The highest BCUT2D eigenvalue weighted by Gasteiger charge is 2.25. The van der Waals surface area contributed by atoms with Gasteiger partial charge in [0.05, 0.1) is 38.0 Å². The Kier molecular flexibility index (Phi) is 3.98. The molecule has 2 aromatic carbocycles. The molecule has 129 valence electrons. The van der Waals surface area contributed by atoms with Crippen LogP contribution in [0.4, 0.5) is 11.6 Å². The molecule has 0 unspecified atom stereocenters. The first-order valence-corrected chi connectivity index (χ1v) is 8.58. The summed E-state index contributed by atoms with van der Waals surface area (Å²) in [5.41, 5.74) is 4.62. The molecule has 0 spiro atoms. The van der Waals surface area contributed by atoms with Gasteiger partial charge in [0.25, 0.3) is 5.91 Å². The van der Waals surface area contributed by atoms with Crippen molar-refractivity contribution in [3.63, 3.8) is 0 Å². The fourth-order valence-electron chi connectivity index (χ4n) is 2.96. The number of hydrogen-bond donors (Lipinski definition) is 2. The van der Waals surface area contributed by atoms with E-state index in [1.165, 1.54) is 0 Å². The molecule has 26 heavy (non-hydrogen) atoms. The number of nitrogens with one attached hydrogen (secondary N) is 2. The lowest BCUT2D eigenvalue weighted by molar-refractivity contribution is 0.0963. The Labute approximate surface area is 159 Å². The van der Waals surface area contributed by atoms with E-state index in [1.54, 1.807) is 24.3 Å². The molecule has 0 fully saturated rings. The van der Waals surface area contributed by atoms with E-state index >= 15 is 0 Å². The quantitative estimate of drug-likeness (QED) is 0.652. The van der Waals surface area contributed by atoms with Crippen LogP contribution in [0.25, 0.3) is 17.1 Å². The van der Waals surface area contributed by atoms with Gasteiger partial charge in [-0.05, 0) is 48.4 Å². The van der Waals surface area contributed by atoms with Gasteiger partial charge in [0.1, 0.15) is 0 Å². The molecule has 1 aliphatic rings. The third kappa shape index (κ3) is 2.66. The number of allylic oxidation sites excluding steroid dienone is 1. The number of rotatable bonds is 3. The van der Waals surface area contributed by atoms with E-state index in [0.717, 1.165) is 11.1 Å². The Morgan fingerprint density at radius 1 is 1.27 bits per heavy atom. The highest BCUT2D eigenvalue weighted by atomic mass is 35.5. The number of aromatic nitrogens is 2. The molecule has 1 radical (unpaired) electrons. The first kappa shape index (κ1) is 16.7. The van der Waals surface area contributed by atoms with Gasteiger partial charge in [-0.15, -0.1) is 0 Å². The van der Waals surface area contributed by atoms with Crippen LogP contribution in [0.15, 0.2) is 42.6 Å². The van der Waals surface area contributed by atoms with Crippen LogP contribution in [-0.4, -0.2) is 15.9 Å². The average molecular weight is 384 g/mol. The zero-order valence-electron chi connectivity index (χ0n) is 13.7. The molecule has 1 aliphatic heterocycles. The van der Waals surface area contributed by atoms with Crippen LogP contribution in [0.1, 0.15) is 21.5 Å². The number of aromatic amines is 1. The number of carbonyl (C=O) groups is 1. The van der Waals surface area contributed by atoms with Gasteiger partial charge in [-0.3, -0.25) is 4.79 Å². The first-order valence-electron chi connectivity index (χ1n) is 7.82. The van der Waals surface area contributed by atoms with Crippen LogP contribution in [-0.2, 0) is 0 Å². The molecular formula is C19H13Cl2N4O. The largest absolute Gasteiger partial charge is 0.323 e. The summed E-state index contributed by atoms with van der Waals surface area (Å²) in [7, 11) is 0. The van der Waals surface area contributed by atoms with Crippen LogP contribution in [0.3, 0.4) is 0 Å². The van der Waals surface area contributed by atoms with Crippen LogP contribution >= 0.6 is 23.2 Å². The molecule has 2 heterocycles.